The van der Waals surface area contributed by atoms with Crippen LogP contribution in [0.1, 0.15) is 10.7 Å². The predicted molar refractivity (Wildman–Crippen MR) is 57.4 cm³/mol. The molecule has 4 heteroatoms. The van der Waals surface area contributed by atoms with E-state index in [2.05, 4.69) is 10.4 Å². The molecule has 2 nitrogen and oxygen atoms in total. The van der Waals surface area contributed by atoms with E-state index in [1.165, 1.54) is 5.01 Å². The summed E-state index contributed by atoms with van der Waals surface area (Å²) in [5.74, 6) is 2.41. The van der Waals surface area contributed by atoms with Crippen LogP contribution in [0.2, 0.25) is 0 Å². The third kappa shape index (κ3) is 2.24. The van der Waals surface area contributed by atoms with E-state index in [0.29, 0.717) is 5.92 Å². The Balaban J connectivity index is 1.97. The van der Waals surface area contributed by atoms with Crippen LogP contribution >= 0.6 is 23.1 Å². The van der Waals surface area contributed by atoms with E-state index in [1.54, 1.807) is 11.3 Å². The van der Waals surface area contributed by atoms with Crippen molar-refractivity contribution in [2.45, 2.75) is 19.4 Å². The van der Waals surface area contributed by atoms with Crippen molar-refractivity contribution in [3.05, 3.63) is 16.1 Å². The highest BCUT2D eigenvalue weighted by Gasteiger charge is 2.26. The summed E-state index contributed by atoms with van der Waals surface area (Å²) < 4.78 is 0. The third-order valence-corrected chi connectivity index (χ3v) is 4.50. The Morgan fingerprint density at radius 1 is 1.62 bits per heavy atom. The van der Waals surface area contributed by atoms with Gasteiger partial charge in [-0.3, -0.25) is 0 Å². The summed E-state index contributed by atoms with van der Waals surface area (Å²) in [7, 11) is 0. The van der Waals surface area contributed by atoms with Crippen molar-refractivity contribution >= 4 is 23.1 Å². The maximum atomic E-state index is 9.61. The summed E-state index contributed by atoms with van der Waals surface area (Å²) in [6.45, 7) is 2.01. The van der Waals surface area contributed by atoms with Crippen LogP contribution in [0.3, 0.4) is 0 Å². The molecular formula is C9H13NOS2. The minimum atomic E-state index is -0.116. The lowest BCUT2D eigenvalue weighted by atomic mass is 10.0. The van der Waals surface area contributed by atoms with Gasteiger partial charge in [-0.15, -0.1) is 11.3 Å². The normalized spacial score (nSPS) is 28.2. The standard InChI is InChI=1S/C9H13NOS2/c1-6-3-13-9(10-6)2-7-4-12-5-8(7)11/h3,7-8,11H,2,4-5H2,1H3. The number of hydrogen-bond acceptors (Lipinski definition) is 4. The Morgan fingerprint density at radius 2 is 2.46 bits per heavy atom. The molecule has 2 heterocycles. The van der Waals surface area contributed by atoms with E-state index in [9.17, 15) is 5.11 Å². The van der Waals surface area contributed by atoms with Crippen molar-refractivity contribution < 1.29 is 5.11 Å². The molecule has 0 aliphatic carbocycles. The third-order valence-electron chi connectivity index (χ3n) is 2.27. The Kier molecular flexibility index (Phi) is 2.91. The zero-order valence-electron chi connectivity index (χ0n) is 7.56. The smallest absolute Gasteiger partial charge is 0.0932 e. The molecule has 0 spiro atoms. The molecule has 1 fully saturated rings. The van der Waals surface area contributed by atoms with Gasteiger partial charge in [0.15, 0.2) is 0 Å². The molecule has 72 valence electrons. The molecule has 0 saturated carbocycles. The van der Waals surface area contributed by atoms with E-state index in [1.807, 2.05) is 18.7 Å². The van der Waals surface area contributed by atoms with Crippen LogP contribution in [-0.2, 0) is 6.42 Å². The lowest BCUT2D eigenvalue weighted by Gasteiger charge is -2.10. The number of aromatic nitrogens is 1. The highest BCUT2D eigenvalue weighted by Crippen LogP contribution is 2.27. The van der Waals surface area contributed by atoms with Crippen molar-refractivity contribution in [1.82, 2.24) is 4.98 Å². The molecule has 1 N–H and O–H groups in total. The number of aryl methyl sites for hydroxylation is 1. The summed E-state index contributed by atoms with van der Waals surface area (Å²) in [4.78, 5) is 4.41. The fourth-order valence-electron chi connectivity index (χ4n) is 1.50. The van der Waals surface area contributed by atoms with Gasteiger partial charge >= 0.3 is 0 Å². The van der Waals surface area contributed by atoms with Gasteiger partial charge in [0.05, 0.1) is 11.1 Å². The number of hydrogen-bond donors (Lipinski definition) is 1. The average molecular weight is 215 g/mol. The van der Waals surface area contributed by atoms with Gasteiger partial charge in [0.2, 0.25) is 0 Å². The van der Waals surface area contributed by atoms with Crippen LogP contribution in [0.15, 0.2) is 5.38 Å². The van der Waals surface area contributed by atoms with E-state index in [0.717, 1.165) is 23.6 Å². The number of nitrogens with zero attached hydrogens (tertiary/aromatic N) is 1. The minimum Gasteiger partial charge on any atom is -0.392 e. The van der Waals surface area contributed by atoms with Crippen molar-refractivity contribution in [3.8, 4) is 0 Å². The minimum absolute atomic E-state index is 0.116. The largest absolute Gasteiger partial charge is 0.392 e. The van der Waals surface area contributed by atoms with Gasteiger partial charge in [0.25, 0.3) is 0 Å². The molecule has 1 aromatic rings. The molecule has 1 aliphatic rings. The molecule has 0 aromatic carbocycles. The molecule has 0 radical (unpaired) electrons. The van der Waals surface area contributed by atoms with Gasteiger partial charge < -0.3 is 5.11 Å². The Bertz CT molecular complexity index is 287. The fraction of sp³-hybridized carbons (Fsp3) is 0.667. The summed E-state index contributed by atoms with van der Waals surface area (Å²) >= 11 is 3.55. The second-order valence-electron chi connectivity index (χ2n) is 3.45. The van der Waals surface area contributed by atoms with Gasteiger partial charge in [-0.1, -0.05) is 0 Å². The van der Waals surface area contributed by atoms with Gasteiger partial charge in [-0.25, -0.2) is 4.98 Å². The first-order valence-electron chi connectivity index (χ1n) is 4.42. The molecule has 2 atom stereocenters. The number of aliphatic hydroxyl groups is 1. The van der Waals surface area contributed by atoms with E-state index < -0.39 is 0 Å². The maximum Gasteiger partial charge on any atom is 0.0932 e. The lowest BCUT2D eigenvalue weighted by Crippen LogP contribution is -2.19. The average Bonchev–Trinajstić information content (AvgIpc) is 2.64. The summed E-state index contributed by atoms with van der Waals surface area (Å²) in [6.07, 6.45) is 0.835. The second kappa shape index (κ2) is 3.98. The first-order chi connectivity index (χ1) is 6.25. The number of thiazole rings is 1. The van der Waals surface area contributed by atoms with Gasteiger partial charge in [-0.2, -0.15) is 11.8 Å². The zero-order chi connectivity index (χ0) is 9.26. The van der Waals surface area contributed by atoms with Gasteiger partial charge in [0, 0.05) is 29.2 Å². The van der Waals surface area contributed by atoms with Crippen LogP contribution in [0, 0.1) is 12.8 Å². The summed E-state index contributed by atoms with van der Waals surface area (Å²) in [5, 5.41) is 12.9. The Labute approximate surface area is 86.4 Å². The van der Waals surface area contributed by atoms with Gasteiger partial charge in [0.1, 0.15) is 0 Å². The molecular weight excluding hydrogens is 202 g/mol. The highest BCUT2D eigenvalue weighted by molar-refractivity contribution is 7.99. The molecule has 2 rings (SSSR count). The topological polar surface area (TPSA) is 33.1 Å². The zero-order valence-corrected chi connectivity index (χ0v) is 9.20. The Morgan fingerprint density at radius 3 is 3.00 bits per heavy atom. The molecule has 2 unspecified atom stereocenters. The summed E-state index contributed by atoms with van der Waals surface area (Å²) in [6, 6.07) is 0. The first-order valence-corrected chi connectivity index (χ1v) is 6.46. The monoisotopic (exact) mass is 215 g/mol. The van der Waals surface area contributed by atoms with Crippen LogP contribution in [0.5, 0.6) is 0 Å². The van der Waals surface area contributed by atoms with Crippen molar-refractivity contribution in [3.63, 3.8) is 0 Å². The van der Waals surface area contributed by atoms with Crippen LogP contribution < -0.4 is 0 Å². The second-order valence-corrected chi connectivity index (χ2v) is 5.47. The quantitative estimate of drug-likeness (QED) is 0.815. The molecule has 1 aromatic heterocycles. The number of thioether (sulfide) groups is 1. The van der Waals surface area contributed by atoms with E-state index in [4.69, 9.17) is 0 Å². The Hall–Kier alpha value is -0.0600. The SMILES string of the molecule is Cc1csc(CC2CSCC2O)n1. The highest BCUT2D eigenvalue weighted by atomic mass is 32.2. The molecule has 1 saturated heterocycles. The number of aliphatic hydroxyl groups excluding tert-OH is 1. The first kappa shape index (κ1) is 9.49. The lowest BCUT2D eigenvalue weighted by molar-refractivity contribution is 0.150. The van der Waals surface area contributed by atoms with Crippen LogP contribution in [0.25, 0.3) is 0 Å². The predicted octanol–water partition coefficient (Wildman–Crippen LogP) is 1.72. The maximum absolute atomic E-state index is 9.61. The molecule has 1 aliphatic heterocycles. The van der Waals surface area contributed by atoms with Crippen LogP contribution in [-0.4, -0.2) is 27.7 Å². The molecule has 0 amide bonds. The fourth-order valence-corrected chi connectivity index (χ4v) is 3.66. The molecule has 13 heavy (non-hydrogen) atoms. The number of rotatable bonds is 2. The molecule has 0 bridgehead atoms. The van der Waals surface area contributed by atoms with Gasteiger partial charge in [-0.05, 0) is 12.7 Å². The van der Waals surface area contributed by atoms with E-state index >= 15 is 0 Å². The van der Waals surface area contributed by atoms with Crippen LogP contribution in [0.4, 0.5) is 0 Å². The van der Waals surface area contributed by atoms with E-state index in [-0.39, 0.29) is 6.10 Å². The van der Waals surface area contributed by atoms with Crippen molar-refractivity contribution in [2.24, 2.45) is 5.92 Å². The van der Waals surface area contributed by atoms with Crippen molar-refractivity contribution in [1.29, 1.82) is 0 Å². The van der Waals surface area contributed by atoms with Crippen molar-refractivity contribution in [2.75, 3.05) is 11.5 Å². The summed E-state index contributed by atoms with van der Waals surface area (Å²) in [5.41, 5.74) is 1.10.